The van der Waals surface area contributed by atoms with Gasteiger partial charge in [-0.15, -0.1) is 11.3 Å². The number of carbonyl (C=O) groups is 2. The summed E-state index contributed by atoms with van der Waals surface area (Å²) in [6.07, 6.45) is 1.80. The fourth-order valence-electron chi connectivity index (χ4n) is 3.07. The van der Waals surface area contributed by atoms with Crippen LogP contribution in [0.5, 0.6) is 5.75 Å². The zero-order valence-corrected chi connectivity index (χ0v) is 20.6. The average Bonchev–Trinajstić information content (AvgIpc) is 3.22. The molecule has 5 nitrogen and oxygen atoms in total. The van der Waals surface area contributed by atoms with Gasteiger partial charge in [-0.25, -0.2) is 4.79 Å². The lowest BCUT2D eigenvalue weighted by atomic mass is 10.1. The SMILES string of the molecule is CCOC(=O)c1cc(-c2ccccc2)sc1NC(=O)CCCOc1ccc(CC)cc1Br. The Labute approximate surface area is 200 Å². The summed E-state index contributed by atoms with van der Waals surface area (Å²) in [6.45, 7) is 4.55. The number of anilines is 1. The van der Waals surface area contributed by atoms with Crippen LogP contribution in [0.1, 0.15) is 42.6 Å². The van der Waals surface area contributed by atoms with E-state index in [1.54, 1.807) is 13.0 Å². The van der Waals surface area contributed by atoms with E-state index in [0.29, 0.717) is 23.6 Å². The van der Waals surface area contributed by atoms with Crippen LogP contribution in [-0.4, -0.2) is 25.1 Å². The Morgan fingerprint density at radius 2 is 1.84 bits per heavy atom. The van der Waals surface area contributed by atoms with E-state index in [1.807, 2.05) is 48.5 Å². The van der Waals surface area contributed by atoms with E-state index in [4.69, 9.17) is 9.47 Å². The van der Waals surface area contributed by atoms with Crippen molar-refractivity contribution in [1.82, 2.24) is 0 Å². The highest BCUT2D eigenvalue weighted by molar-refractivity contribution is 9.10. The van der Waals surface area contributed by atoms with Gasteiger partial charge in [0.05, 0.1) is 23.2 Å². The van der Waals surface area contributed by atoms with E-state index < -0.39 is 5.97 Å². The second-order valence-corrected chi connectivity index (χ2v) is 8.97. The number of hydrogen-bond acceptors (Lipinski definition) is 5. The highest BCUT2D eigenvalue weighted by Crippen LogP contribution is 2.36. The normalized spacial score (nSPS) is 10.6. The summed E-state index contributed by atoms with van der Waals surface area (Å²) in [5, 5.41) is 3.38. The van der Waals surface area contributed by atoms with Gasteiger partial charge >= 0.3 is 5.97 Å². The summed E-state index contributed by atoms with van der Waals surface area (Å²) in [5.41, 5.74) is 2.59. The molecule has 0 aliphatic carbocycles. The Hall–Kier alpha value is -2.64. The topological polar surface area (TPSA) is 64.6 Å². The van der Waals surface area contributed by atoms with Crippen LogP contribution in [0.4, 0.5) is 5.00 Å². The second kappa shape index (κ2) is 11.8. The largest absolute Gasteiger partial charge is 0.492 e. The molecule has 3 rings (SSSR count). The first kappa shape index (κ1) is 24.0. The van der Waals surface area contributed by atoms with Crippen LogP contribution >= 0.6 is 27.3 Å². The van der Waals surface area contributed by atoms with Crippen LogP contribution in [-0.2, 0) is 16.0 Å². The third kappa shape index (κ3) is 6.43. The number of nitrogens with one attached hydrogen (secondary N) is 1. The third-order valence-electron chi connectivity index (χ3n) is 4.75. The Morgan fingerprint density at radius 1 is 1.06 bits per heavy atom. The monoisotopic (exact) mass is 515 g/mol. The Bertz CT molecular complexity index is 1070. The molecule has 0 saturated carbocycles. The van der Waals surface area contributed by atoms with Crippen molar-refractivity contribution in [1.29, 1.82) is 0 Å². The molecule has 0 aliphatic rings. The summed E-state index contributed by atoms with van der Waals surface area (Å²) in [4.78, 5) is 25.8. The fraction of sp³-hybridized carbons (Fsp3) is 0.280. The first-order valence-electron chi connectivity index (χ1n) is 10.6. The van der Waals surface area contributed by atoms with Gasteiger partial charge in [-0.3, -0.25) is 4.79 Å². The predicted molar refractivity (Wildman–Crippen MR) is 133 cm³/mol. The average molecular weight is 516 g/mol. The summed E-state index contributed by atoms with van der Waals surface area (Å²) in [6, 6.07) is 17.5. The van der Waals surface area contributed by atoms with Gasteiger partial charge in [0.1, 0.15) is 10.8 Å². The molecule has 32 heavy (non-hydrogen) atoms. The van der Waals surface area contributed by atoms with Crippen LogP contribution in [0.3, 0.4) is 0 Å². The molecular formula is C25H26BrNO4S. The molecule has 0 radical (unpaired) electrons. The van der Waals surface area contributed by atoms with Gasteiger partial charge in [-0.1, -0.05) is 43.3 Å². The minimum atomic E-state index is -0.440. The summed E-state index contributed by atoms with van der Waals surface area (Å²) >= 11 is 4.89. The number of benzene rings is 2. The maximum absolute atomic E-state index is 12.5. The van der Waals surface area contributed by atoms with E-state index in [0.717, 1.165) is 27.1 Å². The van der Waals surface area contributed by atoms with Crippen molar-refractivity contribution in [3.8, 4) is 16.2 Å². The lowest BCUT2D eigenvalue weighted by Gasteiger charge is -2.10. The van der Waals surface area contributed by atoms with E-state index in [9.17, 15) is 9.59 Å². The third-order valence-corrected chi connectivity index (χ3v) is 6.47. The molecule has 1 aromatic heterocycles. The van der Waals surface area contributed by atoms with Gasteiger partial charge in [0, 0.05) is 11.3 Å². The quantitative estimate of drug-likeness (QED) is 0.240. The van der Waals surface area contributed by atoms with Gasteiger partial charge in [0.15, 0.2) is 0 Å². The maximum atomic E-state index is 12.5. The standard InChI is InChI=1S/C25H26BrNO4S/c1-3-17-12-13-21(20(26)15-17)31-14-8-11-23(28)27-24-19(25(29)30-4-2)16-22(32-24)18-9-6-5-7-10-18/h5-7,9-10,12-13,15-16H,3-4,8,11,14H2,1-2H3,(H,27,28). The van der Waals surface area contributed by atoms with E-state index in [2.05, 4.69) is 28.2 Å². The van der Waals surface area contributed by atoms with Crippen LogP contribution in [0.25, 0.3) is 10.4 Å². The minimum Gasteiger partial charge on any atom is -0.492 e. The molecule has 1 heterocycles. The molecule has 0 atom stereocenters. The predicted octanol–water partition coefficient (Wildman–Crippen LogP) is 6.71. The molecule has 0 fully saturated rings. The number of esters is 1. The van der Waals surface area contributed by atoms with E-state index in [1.165, 1.54) is 16.9 Å². The smallest absolute Gasteiger partial charge is 0.341 e. The Kier molecular flexibility index (Phi) is 8.88. The number of amides is 1. The zero-order valence-electron chi connectivity index (χ0n) is 18.2. The molecule has 0 spiro atoms. The van der Waals surface area contributed by atoms with Crippen molar-refractivity contribution in [2.75, 3.05) is 18.5 Å². The van der Waals surface area contributed by atoms with Crippen LogP contribution in [0, 0.1) is 0 Å². The molecular weight excluding hydrogens is 490 g/mol. The molecule has 7 heteroatoms. The van der Waals surface area contributed by atoms with Gasteiger partial charge < -0.3 is 14.8 Å². The zero-order chi connectivity index (χ0) is 22.9. The Balaban J connectivity index is 1.60. The number of halogens is 1. The van der Waals surface area contributed by atoms with Gasteiger partial charge in [0.25, 0.3) is 0 Å². The molecule has 3 aromatic rings. The maximum Gasteiger partial charge on any atom is 0.341 e. The van der Waals surface area contributed by atoms with Gasteiger partial charge in [-0.05, 0) is 65.0 Å². The lowest BCUT2D eigenvalue weighted by molar-refractivity contribution is -0.116. The van der Waals surface area contributed by atoms with Crippen LogP contribution in [0.2, 0.25) is 0 Å². The molecule has 0 unspecified atom stereocenters. The van der Waals surface area contributed by atoms with Crippen molar-refractivity contribution in [2.24, 2.45) is 0 Å². The number of thiophene rings is 1. The van der Waals surface area contributed by atoms with Crippen LogP contribution in [0.15, 0.2) is 59.1 Å². The summed E-state index contributed by atoms with van der Waals surface area (Å²) in [5.74, 6) is 0.156. The van der Waals surface area contributed by atoms with E-state index in [-0.39, 0.29) is 18.9 Å². The van der Waals surface area contributed by atoms with Crippen LogP contribution < -0.4 is 10.1 Å². The fourth-order valence-corrected chi connectivity index (χ4v) is 4.68. The molecule has 0 saturated heterocycles. The highest BCUT2D eigenvalue weighted by atomic mass is 79.9. The second-order valence-electron chi connectivity index (χ2n) is 7.06. The molecule has 0 bridgehead atoms. The van der Waals surface area contributed by atoms with Crippen molar-refractivity contribution >= 4 is 44.1 Å². The first-order chi connectivity index (χ1) is 15.5. The molecule has 2 aromatic carbocycles. The van der Waals surface area contributed by atoms with Gasteiger partial charge in [-0.2, -0.15) is 0 Å². The number of rotatable bonds is 10. The van der Waals surface area contributed by atoms with Crippen molar-refractivity contribution in [3.63, 3.8) is 0 Å². The number of ether oxygens (including phenoxy) is 2. The first-order valence-corrected chi connectivity index (χ1v) is 12.2. The molecule has 0 aliphatic heterocycles. The summed E-state index contributed by atoms with van der Waals surface area (Å²) in [7, 11) is 0. The lowest BCUT2D eigenvalue weighted by Crippen LogP contribution is -2.14. The number of carbonyl (C=O) groups excluding carboxylic acids is 2. The van der Waals surface area contributed by atoms with Crippen molar-refractivity contribution in [3.05, 3.63) is 70.2 Å². The van der Waals surface area contributed by atoms with Crippen molar-refractivity contribution < 1.29 is 19.1 Å². The van der Waals surface area contributed by atoms with Gasteiger partial charge in [0.2, 0.25) is 5.91 Å². The highest BCUT2D eigenvalue weighted by Gasteiger charge is 2.19. The molecule has 1 amide bonds. The Morgan fingerprint density at radius 3 is 2.53 bits per heavy atom. The number of hydrogen-bond donors (Lipinski definition) is 1. The minimum absolute atomic E-state index is 0.166. The number of aryl methyl sites for hydroxylation is 1. The molecule has 168 valence electrons. The summed E-state index contributed by atoms with van der Waals surface area (Å²) < 4.78 is 11.9. The van der Waals surface area contributed by atoms with E-state index >= 15 is 0 Å². The van der Waals surface area contributed by atoms with Crippen molar-refractivity contribution in [2.45, 2.75) is 33.1 Å². The molecule has 1 N–H and O–H groups in total.